The van der Waals surface area contributed by atoms with Gasteiger partial charge in [-0.2, -0.15) is 0 Å². The molecule has 1 aromatic carbocycles. The van der Waals surface area contributed by atoms with Gasteiger partial charge in [0.15, 0.2) is 17.0 Å². The number of hydrogen-bond acceptors (Lipinski definition) is 4. The predicted octanol–water partition coefficient (Wildman–Crippen LogP) is 0.0666. The fourth-order valence-electron chi connectivity index (χ4n) is 0.985. The normalized spacial score (nSPS) is 13.4. The number of esters is 1. The van der Waals surface area contributed by atoms with Crippen LogP contribution in [0.3, 0.4) is 0 Å². The van der Waals surface area contributed by atoms with Crippen LogP contribution >= 0.6 is 11.6 Å². The number of aliphatic imine (C=N–C) groups is 1. The summed E-state index contributed by atoms with van der Waals surface area (Å²) in [7, 11) is 0. The van der Waals surface area contributed by atoms with E-state index in [-0.39, 0.29) is 5.75 Å². The van der Waals surface area contributed by atoms with Gasteiger partial charge in [-0.1, -0.05) is 11.6 Å². The van der Waals surface area contributed by atoms with Gasteiger partial charge in [-0.3, -0.25) is 0 Å². The van der Waals surface area contributed by atoms with Crippen LogP contribution in [0.4, 0.5) is 0 Å². The largest absolute Gasteiger partial charge is 0.424 e. The van der Waals surface area contributed by atoms with Gasteiger partial charge in [0.2, 0.25) is 0 Å². The van der Waals surface area contributed by atoms with Crippen molar-refractivity contribution in [3.63, 3.8) is 0 Å². The second kappa shape index (κ2) is 6.34. The first-order valence-corrected chi connectivity index (χ1v) is 6.10. The zero-order valence-corrected chi connectivity index (χ0v) is 10.5. The van der Waals surface area contributed by atoms with Crippen LogP contribution in [0.1, 0.15) is 0 Å². The van der Waals surface area contributed by atoms with Crippen molar-refractivity contribution < 1.29 is 18.3 Å². The number of hydrogen-bond donors (Lipinski definition) is 3. The minimum absolute atomic E-state index is 0.158. The minimum Gasteiger partial charge on any atom is -0.424 e. The lowest BCUT2D eigenvalue weighted by atomic mass is 10.3. The second-order valence-electron chi connectivity index (χ2n) is 3.06. The van der Waals surface area contributed by atoms with Gasteiger partial charge in [0.05, 0.1) is 0 Å². The molecular formula is C9H10ClN3O4S. The number of carbonyl (C=O) groups excluding carboxylic acids is 1. The first-order valence-electron chi connectivity index (χ1n) is 4.56. The summed E-state index contributed by atoms with van der Waals surface area (Å²) in [5, 5.41) is -1.23. The Hall–Kier alpha value is -1.64. The number of carbonyl (C=O) groups is 1. The molecule has 18 heavy (non-hydrogen) atoms. The molecule has 0 aliphatic carbocycles. The molecule has 98 valence electrons. The zero-order valence-electron chi connectivity index (χ0n) is 8.95. The quantitative estimate of drug-likeness (QED) is 0.237. The van der Waals surface area contributed by atoms with Gasteiger partial charge in [0, 0.05) is 5.02 Å². The number of ether oxygens (including phenoxy) is 1. The Bertz CT molecular complexity index is 487. The average molecular weight is 292 g/mol. The van der Waals surface area contributed by atoms with Crippen molar-refractivity contribution in [1.29, 1.82) is 0 Å². The highest BCUT2D eigenvalue weighted by Crippen LogP contribution is 2.16. The topological polar surface area (TPSA) is 128 Å². The monoisotopic (exact) mass is 291 g/mol. The van der Waals surface area contributed by atoms with Crippen LogP contribution < -0.4 is 16.2 Å². The van der Waals surface area contributed by atoms with Gasteiger partial charge < -0.3 is 20.8 Å². The van der Waals surface area contributed by atoms with Crippen LogP contribution in [0.2, 0.25) is 5.02 Å². The fourth-order valence-corrected chi connectivity index (χ4v) is 1.54. The lowest BCUT2D eigenvalue weighted by Crippen LogP contribution is -2.33. The Morgan fingerprint density at radius 1 is 1.39 bits per heavy atom. The van der Waals surface area contributed by atoms with Crippen molar-refractivity contribution >= 4 is 34.6 Å². The van der Waals surface area contributed by atoms with Gasteiger partial charge in [0.25, 0.3) is 5.37 Å². The lowest BCUT2D eigenvalue weighted by Gasteiger charge is -2.08. The highest BCUT2D eigenvalue weighted by molar-refractivity contribution is 7.80. The molecule has 0 saturated heterocycles. The number of nitrogens with two attached hydrogens (primary N) is 2. The first kappa shape index (κ1) is 14.4. The van der Waals surface area contributed by atoms with Crippen LogP contribution in [-0.2, 0) is 15.9 Å². The van der Waals surface area contributed by atoms with Crippen molar-refractivity contribution in [2.24, 2.45) is 16.5 Å². The third-order valence-corrected chi connectivity index (χ3v) is 2.62. The Labute approximate surface area is 110 Å². The first-order chi connectivity index (χ1) is 8.40. The molecule has 0 aromatic heterocycles. The second-order valence-corrected chi connectivity index (χ2v) is 4.49. The Balaban J connectivity index is 2.82. The van der Waals surface area contributed by atoms with E-state index in [2.05, 4.69) is 4.99 Å². The van der Waals surface area contributed by atoms with E-state index in [4.69, 9.17) is 32.4 Å². The third-order valence-electron chi connectivity index (χ3n) is 1.69. The number of rotatable bonds is 4. The van der Waals surface area contributed by atoms with E-state index in [1.807, 2.05) is 0 Å². The summed E-state index contributed by atoms with van der Waals surface area (Å²) in [5.41, 5.74) is 10.1. The molecule has 0 aliphatic heterocycles. The maximum absolute atomic E-state index is 11.5. The molecule has 5 N–H and O–H groups in total. The predicted molar refractivity (Wildman–Crippen MR) is 67.5 cm³/mol. The fraction of sp³-hybridized carbons (Fsp3) is 0.111. The maximum atomic E-state index is 11.5. The van der Waals surface area contributed by atoms with Crippen LogP contribution in [0, 0.1) is 0 Å². The summed E-state index contributed by atoms with van der Waals surface area (Å²) < 4.78 is 24.6. The molecule has 0 spiro atoms. The number of nitrogens with zero attached hydrogens (tertiary/aromatic N) is 1. The molecule has 0 radical (unpaired) electrons. The summed E-state index contributed by atoms with van der Waals surface area (Å²) in [5.74, 6) is -1.38. The van der Waals surface area contributed by atoms with E-state index in [9.17, 15) is 9.00 Å². The Morgan fingerprint density at radius 2 is 1.94 bits per heavy atom. The Kier molecular flexibility index (Phi) is 5.08. The van der Waals surface area contributed by atoms with Gasteiger partial charge in [0.1, 0.15) is 5.75 Å². The van der Waals surface area contributed by atoms with E-state index in [0.717, 1.165) is 0 Å². The van der Waals surface area contributed by atoms with Crippen molar-refractivity contribution in [2.45, 2.75) is 5.37 Å². The third kappa shape index (κ3) is 4.32. The number of guanidine groups is 1. The number of halogens is 1. The molecule has 0 heterocycles. The van der Waals surface area contributed by atoms with Crippen molar-refractivity contribution in [2.75, 3.05) is 0 Å². The summed E-state index contributed by atoms with van der Waals surface area (Å²) in [6.45, 7) is 0. The lowest BCUT2D eigenvalue weighted by molar-refractivity contribution is -0.133. The molecule has 2 unspecified atom stereocenters. The molecular weight excluding hydrogens is 282 g/mol. The standard InChI is InChI=1S/C9H10ClN3O4S/c10-5-1-3-6(4-2-5)17-8(14)7(18(15)16)13-9(11)12/h1-4,7H,(H,15,16)(H4,11,12,13). The maximum Gasteiger partial charge on any atom is 0.352 e. The number of benzene rings is 1. The van der Waals surface area contributed by atoms with Crippen molar-refractivity contribution in [3.05, 3.63) is 29.3 Å². The molecule has 0 fully saturated rings. The molecule has 7 nitrogen and oxygen atoms in total. The van der Waals surface area contributed by atoms with Gasteiger partial charge in [-0.15, -0.1) is 0 Å². The van der Waals surface area contributed by atoms with E-state index in [0.29, 0.717) is 5.02 Å². The van der Waals surface area contributed by atoms with Gasteiger partial charge >= 0.3 is 5.97 Å². The minimum atomic E-state index is -2.58. The van der Waals surface area contributed by atoms with Crippen LogP contribution in [0.5, 0.6) is 5.75 Å². The zero-order chi connectivity index (χ0) is 13.7. The van der Waals surface area contributed by atoms with E-state index >= 15 is 0 Å². The summed E-state index contributed by atoms with van der Waals surface area (Å²) in [6, 6.07) is 5.84. The Morgan fingerprint density at radius 3 is 2.39 bits per heavy atom. The molecule has 0 amide bonds. The van der Waals surface area contributed by atoms with Crippen LogP contribution in [-0.4, -0.2) is 26.1 Å². The summed E-state index contributed by atoms with van der Waals surface area (Å²) in [6.07, 6.45) is 0. The molecule has 0 saturated carbocycles. The highest BCUT2D eigenvalue weighted by Gasteiger charge is 2.26. The van der Waals surface area contributed by atoms with Crippen molar-refractivity contribution in [1.82, 2.24) is 0 Å². The highest BCUT2D eigenvalue weighted by atomic mass is 35.5. The van der Waals surface area contributed by atoms with E-state index in [1.165, 1.54) is 24.3 Å². The summed E-state index contributed by atoms with van der Waals surface area (Å²) >= 11 is 3.07. The summed E-state index contributed by atoms with van der Waals surface area (Å²) in [4.78, 5) is 14.9. The molecule has 0 aliphatic rings. The van der Waals surface area contributed by atoms with Gasteiger partial charge in [-0.25, -0.2) is 14.0 Å². The molecule has 2 atom stereocenters. The molecule has 0 bridgehead atoms. The van der Waals surface area contributed by atoms with Crippen molar-refractivity contribution in [3.8, 4) is 5.75 Å². The van der Waals surface area contributed by atoms with Crippen LogP contribution in [0.25, 0.3) is 0 Å². The average Bonchev–Trinajstić information content (AvgIpc) is 2.28. The van der Waals surface area contributed by atoms with Crippen LogP contribution in [0.15, 0.2) is 29.3 Å². The van der Waals surface area contributed by atoms with Gasteiger partial charge in [-0.05, 0) is 24.3 Å². The molecule has 1 rings (SSSR count). The van der Waals surface area contributed by atoms with E-state index in [1.54, 1.807) is 0 Å². The van der Waals surface area contributed by atoms with E-state index < -0.39 is 28.4 Å². The smallest absolute Gasteiger partial charge is 0.352 e. The molecule has 9 heteroatoms. The molecule has 1 aromatic rings. The SMILES string of the molecule is NC(N)=NC(C(=O)Oc1ccc(Cl)cc1)S(=O)O.